The van der Waals surface area contributed by atoms with E-state index < -0.39 is 5.82 Å². The minimum atomic E-state index is -0.510. The predicted molar refractivity (Wildman–Crippen MR) is 88.9 cm³/mol. The molecule has 0 aliphatic carbocycles. The fraction of sp³-hybridized carbons (Fsp3) is 0.389. The number of carbonyl (C=O) groups is 1. The van der Waals surface area contributed by atoms with Crippen molar-refractivity contribution in [1.29, 1.82) is 0 Å². The molecule has 1 unspecified atom stereocenters. The van der Waals surface area contributed by atoms with Crippen molar-refractivity contribution in [2.45, 2.75) is 25.4 Å². The van der Waals surface area contributed by atoms with Gasteiger partial charge in [-0.1, -0.05) is 18.2 Å². The van der Waals surface area contributed by atoms with E-state index in [2.05, 4.69) is 9.97 Å². The van der Waals surface area contributed by atoms with Gasteiger partial charge in [0.25, 0.3) is 0 Å². The number of hydrogen-bond donors (Lipinski definition) is 0. The zero-order chi connectivity index (χ0) is 17.6. The van der Waals surface area contributed by atoms with E-state index in [1.165, 1.54) is 0 Å². The third-order valence-corrected chi connectivity index (χ3v) is 4.13. The summed E-state index contributed by atoms with van der Waals surface area (Å²) in [6, 6.07) is 7.63. The van der Waals surface area contributed by atoms with Gasteiger partial charge in [0.15, 0.2) is 5.82 Å². The number of halogens is 1. The second kappa shape index (κ2) is 7.92. The molecule has 0 N–H and O–H groups in total. The Balaban J connectivity index is 1.60. The SMILES string of the molecule is COc1ccccc1CC(=O)N1CCCC(Oc2ncc(F)cn2)C1. The average Bonchev–Trinajstić information content (AvgIpc) is 2.64. The summed E-state index contributed by atoms with van der Waals surface area (Å²) >= 11 is 0. The van der Waals surface area contributed by atoms with Gasteiger partial charge in [-0.25, -0.2) is 14.4 Å². The first-order valence-electron chi connectivity index (χ1n) is 8.19. The second-order valence-electron chi connectivity index (χ2n) is 5.89. The van der Waals surface area contributed by atoms with Crippen molar-refractivity contribution < 1.29 is 18.7 Å². The molecule has 1 aromatic carbocycles. The number of methoxy groups -OCH3 is 1. The highest BCUT2D eigenvalue weighted by molar-refractivity contribution is 5.79. The van der Waals surface area contributed by atoms with Crippen molar-refractivity contribution in [2.24, 2.45) is 0 Å². The van der Waals surface area contributed by atoms with Crippen LogP contribution < -0.4 is 9.47 Å². The van der Waals surface area contributed by atoms with Crippen LogP contribution in [0.2, 0.25) is 0 Å². The number of carbonyl (C=O) groups excluding carboxylic acids is 1. The Bertz CT molecular complexity index is 724. The largest absolute Gasteiger partial charge is 0.496 e. The van der Waals surface area contributed by atoms with E-state index in [0.717, 1.165) is 30.8 Å². The maximum Gasteiger partial charge on any atom is 0.316 e. The minimum absolute atomic E-state index is 0.0258. The van der Waals surface area contributed by atoms with Crippen LogP contribution in [0.3, 0.4) is 0 Å². The molecule has 1 fully saturated rings. The van der Waals surface area contributed by atoms with Crippen molar-refractivity contribution in [3.05, 3.63) is 48.0 Å². The zero-order valence-electron chi connectivity index (χ0n) is 14.0. The molecule has 132 valence electrons. The number of nitrogens with zero attached hydrogens (tertiary/aromatic N) is 3. The molecule has 1 aromatic heterocycles. The standard InChI is InChI=1S/C18H20FN3O3/c1-24-16-7-3-2-5-13(16)9-17(23)22-8-4-6-15(12-22)25-18-20-10-14(19)11-21-18/h2-3,5,7,10-11,15H,4,6,8-9,12H2,1H3. The van der Waals surface area contributed by atoms with Gasteiger partial charge in [0.2, 0.25) is 5.91 Å². The Morgan fingerprint density at radius 2 is 2.08 bits per heavy atom. The molecule has 0 radical (unpaired) electrons. The summed E-state index contributed by atoms with van der Waals surface area (Å²) in [6.07, 6.45) is 3.86. The van der Waals surface area contributed by atoms with Gasteiger partial charge in [-0.2, -0.15) is 0 Å². The number of benzene rings is 1. The maximum atomic E-state index is 12.9. The van der Waals surface area contributed by atoms with E-state index >= 15 is 0 Å². The lowest BCUT2D eigenvalue weighted by Crippen LogP contribution is -2.45. The van der Waals surface area contributed by atoms with Crippen LogP contribution in [0.1, 0.15) is 18.4 Å². The first kappa shape index (κ1) is 17.1. The Hall–Kier alpha value is -2.70. The highest BCUT2D eigenvalue weighted by atomic mass is 19.1. The molecule has 2 aromatic rings. The number of para-hydroxylation sites is 1. The Kier molecular flexibility index (Phi) is 5.42. The molecule has 1 aliphatic heterocycles. The first-order chi connectivity index (χ1) is 12.2. The van der Waals surface area contributed by atoms with Crippen LogP contribution in [-0.2, 0) is 11.2 Å². The average molecular weight is 345 g/mol. The number of likely N-dealkylation sites (tertiary alicyclic amines) is 1. The summed E-state index contributed by atoms with van der Waals surface area (Å²) in [5, 5.41) is 0. The van der Waals surface area contributed by atoms with Crippen LogP contribution in [0.15, 0.2) is 36.7 Å². The Morgan fingerprint density at radius 3 is 2.84 bits per heavy atom. The molecular formula is C18H20FN3O3. The van der Waals surface area contributed by atoms with E-state index in [9.17, 15) is 9.18 Å². The van der Waals surface area contributed by atoms with Crippen LogP contribution in [-0.4, -0.2) is 47.1 Å². The molecule has 1 aliphatic rings. The first-order valence-corrected chi connectivity index (χ1v) is 8.19. The molecular weight excluding hydrogens is 325 g/mol. The van der Waals surface area contributed by atoms with E-state index in [0.29, 0.717) is 18.8 Å². The molecule has 6 nitrogen and oxygen atoms in total. The van der Waals surface area contributed by atoms with Crippen LogP contribution in [0.25, 0.3) is 0 Å². The molecule has 2 heterocycles. The Labute approximate surface area is 145 Å². The molecule has 25 heavy (non-hydrogen) atoms. The predicted octanol–water partition coefficient (Wildman–Crippen LogP) is 2.24. The highest BCUT2D eigenvalue weighted by Crippen LogP contribution is 2.21. The summed E-state index contributed by atoms with van der Waals surface area (Å²) < 4.78 is 23.8. The van der Waals surface area contributed by atoms with Gasteiger partial charge in [0.1, 0.15) is 11.9 Å². The van der Waals surface area contributed by atoms with Crippen LogP contribution in [0.5, 0.6) is 11.8 Å². The smallest absolute Gasteiger partial charge is 0.316 e. The summed E-state index contributed by atoms with van der Waals surface area (Å²) in [5.41, 5.74) is 0.861. The number of aromatic nitrogens is 2. The lowest BCUT2D eigenvalue weighted by Gasteiger charge is -2.32. The number of hydrogen-bond acceptors (Lipinski definition) is 5. The summed E-state index contributed by atoms with van der Waals surface area (Å²) in [6.45, 7) is 1.16. The third-order valence-electron chi connectivity index (χ3n) is 4.13. The van der Waals surface area contributed by atoms with Gasteiger partial charge in [0, 0.05) is 12.1 Å². The van der Waals surface area contributed by atoms with Crippen LogP contribution >= 0.6 is 0 Å². The molecule has 1 saturated heterocycles. The third kappa shape index (κ3) is 4.43. The molecule has 0 spiro atoms. The topological polar surface area (TPSA) is 64.5 Å². The fourth-order valence-electron chi connectivity index (χ4n) is 2.90. The van der Waals surface area contributed by atoms with E-state index in [-0.39, 0.29) is 24.4 Å². The summed E-state index contributed by atoms with van der Waals surface area (Å²) in [4.78, 5) is 22.0. The van der Waals surface area contributed by atoms with Crippen molar-refractivity contribution in [2.75, 3.05) is 20.2 Å². The number of ether oxygens (including phenoxy) is 2. The molecule has 1 atom stereocenters. The molecule has 0 bridgehead atoms. The number of rotatable bonds is 5. The van der Waals surface area contributed by atoms with Crippen LogP contribution in [0.4, 0.5) is 4.39 Å². The highest BCUT2D eigenvalue weighted by Gasteiger charge is 2.26. The second-order valence-corrected chi connectivity index (χ2v) is 5.89. The lowest BCUT2D eigenvalue weighted by molar-refractivity contribution is -0.133. The number of piperidine rings is 1. The zero-order valence-corrected chi connectivity index (χ0v) is 14.0. The Morgan fingerprint density at radius 1 is 1.32 bits per heavy atom. The van der Waals surface area contributed by atoms with Gasteiger partial charge in [-0.15, -0.1) is 0 Å². The molecule has 7 heteroatoms. The molecule has 3 rings (SSSR count). The van der Waals surface area contributed by atoms with Gasteiger partial charge < -0.3 is 14.4 Å². The van der Waals surface area contributed by atoms with Gasteiger partial charge in [-0.05, 0) is 18.9 Å². The normalized spacial score (nSPS) is 17.2. The summed E-state index contributed by atoms with van der Waals surface area (Å²) in [7, 11) is 1.59. The quantitative estimate of drug-likeness (QED) is 0.831. The minimum Gasteiger partial charge on any atom is -0.496 e. The number of amides is 1. The molecule has 1 amide bonds. The van der Waals surface area contributed by atoms with Crippen molar-refractivity contribution >= 4 is 5.91 Å². The van der Waals surface area contributed by atoms with Gasteiger partial charge in [-0.3, -0.25) is 4.79 Å². The monoisotopic (exact) mass is 345 g/mol. The summed E-state index contributed by atoms with van der Waals surface area (Å²) in [5.74, 6) is 0.225. The van der Waals surface area contributed by atoms with Crippen molar-refractivity contribution in [3.8, 4) is 11.8 Å². The van der Waals surface area contributed by atoms with Crippen molar-refractivity contribution in [1.82, 2.24) is 14.9 Å². The van der Waals surface area contributed by atoms with Gasteiger partial charge in [0.05, 0.1) is 32.5 Å². The van der Waals surface area contributed by atoms with E-state index in [4.69, 9.17) is 9.47 Å². The van der Waals surface area contributed by atoms with Crippen LogP contribution in [0, 0.1) is 5.82 Å². The maximum absolute atomic E-state index is 12.9. The fourth-order valence-corrected chi connectivity index (χ4v) is 2.90. The van der Waals surface area contributed by atoms with E-state index in [1.807, 2.05) is 24.3 Å². The molecule has 0 saturated carbocycles. The van der Waals surface area contributed by atoms with E-state index in [1.54, 1.807) is 12.0 Å². The van der Waals surface area contributed by atoms with Gasteiger partial charge >= 0.3 is 6.01 Å². The van der Waals surface area contributed by atoms with Crippen molar-refractivity contribution in [3.63, 3.8) is 0 Å². The lowest BCUT2D eigenvalue weighted by atomic mass is 10.1.